The third-order valence-corrected chi connectivity index (χ3v) is 6.61. The molecule has 3 heteroatoms. The third-order valence-electron chi connectivity index (χ3n) is 6.61. The van der Waals surface area contributed by atoms with Crippen LogP contribution in [-0.4, -0.2) is 14.1 Å². The molecule has 3 heterocycles. The molecule has 7 aromatic rings. The van der Waals surface area contributed by atoms with E-state index in [0.29, 0.717) is 0 Å². The van der Waals surface area contributed by atoms with E-state index in [0.717, 1.165) is 28.1 Å². The highest BCUT2D eigenvalue weighted by Crippen LogP contribution is 2.38. The lowest BCUT2D eigenvalue weighted by Crippen LogP contribution is -2.02. The van der Waals surface area contributed by atoms with E-state index in [1.807, 2.05) is 6.20 Å². The molecule has 0 bridgehead atoms. The monoisotopic (exact) mass is 435 g/mol. The Morgan fingerprint density at radius 2 is 1.12 bits per heavy atom. The first-order chi connectivity index (χ1) is 16.9. The van der Waals surface area contributed by atoms with Gasteiger partial charge in [0.25, 0.3) is 0 Å². The molecule has 3 nitrogen and oxygen atoms in total. The molecule has 7 rings (SSSR count). The molecule has 0 unspecified atom stereocenters. The lowest BCUT2D eigenvalue weighted by Gasteiger charge is -2.12. The van der Waals surface area contributed by atoms with Crippen molar-refractivity contribution in [2.45, 2.75) is 0 Å². The summed E-state index contributed by atoms with van der Waals surface area (Å²) in [6.45, 7) is 0. The lowest BCUT2D eigenvalue weighted by atomic mass is 10.1. The molecule has 0 spiro atoms. The Kier molecular flexibility index (Phi) is 4.15. The van der Waals surface area contributed by atoms with Crippen molar-refractivity contribution in [2.24, 2.45) is 0 Å². The van der Waals surface area contributed by atoms with Crippen LogP contribution in [0.2, 0.25) is 0 Å². The average Bonchev–Trinajstić information content (AvgIpc) is 3.46. The highest BCUT2D eigenvalue weighted by atomic mass is 15.1. The maximum absolute atomic E-state index is 4.98. The zero-order valence-electron chi connectivity index (χ0n) is 18.5. The van der Waals surface area contributed by atoms with Crippen LogP contribution in [0.4, 0.5) is 0 Å². The molecule has 3 aromatic heterocycles. The number of nitrogens with zero attached hydrogens (tertiary/aromatic N) is 3. The number of fused-ring (bicyclic) bond motifs is 4. The molecule has 4 aromatic carbocycles. The van der Waals surface area contributed by atoms with Gasteiger partial charge >= 0.3 is 0 Å². The molecular formula is C31H21N3. The van der Waals surface area contributed by atoms with Gasteiger partial charge in [-0.1, -0.05) is 84.9 Å². The first kappa shape index (κ1) is 18.9. The molecule has 0 atom stereocenters. The van der Waals surface area contributed by atoms with Crippen molar-refractivity contribution in [1.82, 2.24) is 14.1 Å². The first-order valence-corrected chi connectivity index (χ1v) is 11.5. The molecule has 0 N–H and O–H groups in total. The Balaban J connectivity index is 1.65. The molecule has 0 aliphatic carbocycles. The summed E-state index contributed by atoms with van der Waals surface area (Å²) in [5, 5.41) is 3.65. The summed E-state index contributed by atoms with van der Waals surface area (Å²) >= 11 is 0. The number of benzene rings is 4. The van der Waals surface area contributed by atoms with E-state index in [1.54, 1.807) is 0 Å². The second-order valence-corrected chi connectivity index (χ2v) is 8.51. The largest absolute Gasteiger partial charge is 0.313 e. The zero-order chi connectivity index (χ0) is 22.5. The van der Waals surface area contributed by atoms with Crippen LogP contribution in [0.3, 0.4) is 0 Å². The molecule has 0 fully saturated rings. The number of hydrogen-bond acceptors (Lipinski definition) is 1. The van der Waals surface area contributed by atoms with Gasteiger partial charge in [0.05, 0.1) is 16.6 Å². The maximum atomic E-state index is 4.98. The minimum atomic E-state index is 0.931. The van der Waals surface area contributed by atoms with Crippen molar-refractivity contribution in [2.75, 3.05) is 0 Å². The van der Waals surface area contributed by atoms with Crippen LogP contribution in [0, 0.1) is 0 Å². The molecule has 0 saturated carbocycles. The van der Waals surface area contributed by atoms with E-state index in [-0.39, 0.29) is 0 Å². The zero-order valence-corrected chi connectivity index (χ0v) is 18.5. The maximum Gasteiger partial charge on any atom is 0.162 e. The molecule has 34 heavy (non-hydrogen) atoms. The summed E-state index contributed by atoms with van der Waals surface area (Å²) in [6.07, 6.45) is 4.18. The van der Waals surface area contributed by atoms with Crippen LogP contribution in [0.15, 0.2) is 128 Å². The van der Waals surface area contributed by atoms with Crippen LogP contribution >= 0.6 is 0 Å². The van der Waals surface area contributed by atoms with Gasteiger partial charge in [-0.05, 0) is 35.9 Å². The topological polar surface area (TPSA) is 22.8 Å². The summed E-state index contributed by atoms with van der Waals surface area (Å²) in [5.41, 5.74) is 6.92. The molecule has 0 saturated heterocycles. The van der Waals surface area contributed by atoms with Crippen LogP contribution in [-0.2, 0) is 0 Å². The van der Waals surface area contributed by atoms with Gasteiger partial charge in [0.1, 0.15) is 0 Å². The summed E-state index contributed by atoms with van der Waals surface area (Å²) in [5.74, 6) is 0.931. The Labute approximate surface area is 197 Å². The summed E-state index contributed by atoms with van der Waals surface area (Å²) in [6, 6.07) is 40.4. The summed E-state index contributed by atoms with van der Waals surface area (Å²) < 4.78 is 4.59. The van der Waals surface area contributed by atoms with E-state index in [1.165, 1.54) is 27.3 Å². The molecule has 0 amide bonds. The van der Waals surface area contributed by atoms with Crippen LogP contribution in [0.5, 0.6) is 0 Å². The molecule has 0 aliphatic heterocycles. The van der Waals surface area contributed by atoms with Crippen molar-refractivity contribution in [3.8, 4) is 22.6 Å². The minimum Gasteiger partial charge on any atom is -0.313 e. The van der Waals surface area contributed by atoms with Crippen molar-refractivity contribution < 1.29 is 0 Å². The third kappa shape index (κ3) is 2.74. The number of rotatable bonds is 3. The van der Waals surface area contributed by atoms with Crippen molar-refractivity contribution in [1.29, 1.82) is 0 Å². The van der Waals surface area contributed by atoms with E-state index in [4.69, 9.17) is 4.98 Å². The predicted molar refractivity (Wildman–Crippen MR) is 141 cm³/mol. The van der Waals surface area contributed by atoms with Gasteiger partial charge in [-0.15, -0.1) is 0 Å². The van der Waals surface area contributed by atoms with E-state index in [9.17, 15) is 0 Å². The highest BCUT2D eigenvalue weighted by Gasteiger charge is 2.20. The Morgan fingerprint density at radius 1 is 0.529 bits per heavy atom. The Morgan fingerprint density at radius 3 is 1.79 bits per heavy atom. The average molecular weight is 436 g/mol. The van der Waals surface area contributed by atoms with E-state index >= 15 is 0 Å². The van der Waals surface area contributed by atoms with Gasteiger partial charge in [-0.2, -0.15) is 0 Å². The molecule has 0 radical (unpaired) electrons. The second-order valence-electron chi connectivity index (χ2n) is 8.51. The normalized spacial score (nSPS) is 11.5. The first-order valence-electron chi connectivity index (χ1n) is 11.5. The SMILES string of the molecule is c1ccc(-c2cn(-c3ccccc3)c3c(-n4c5ccccc5c5ccccc54)nccc23)cc1. The number of pyridine rings is 1. The summed E-state index contributed by atoms with van der Waals surface area (Å²) in [7, 11) is 0. The van der Waals surface area contributed by atoms with E-state index in [2.05, 4.69) is 131 Å². The quantitative estimate of drug-likeness (QED) is 0.278. The Bertz CT molecular complexity index is 1740. The van der Waals surface area contributed by atoms with Gasteiger partial charge in [0, 0.05) is 39.8 Å². The van der Waals surface area contributed by atoms with Gasteiger partial charge in [-0.3, -0.25) is 4.57 Å². The van der Waals surface area contributed by atoms with Gasteiger partial charge < -0.3 is 4.57 Å². The fourth-order valence-corrected chi connectivity index (χ4v) is 5.12. The van der Waals surface area contributed by atoms with E-state index < -0.39 is 0 Å². The highest BCUT2D eigenvalue weighted by molar-refractivity contribution is 6.10. The van der Waals surface area contributed by atoms with Crippen LogP contribution in [0.25, 0.3) is 55.3 Å². The Hall–Kier alpha value is -4.63. The van der Waals surface area contributed by atoms with Crippen molar-refractivity contribution in [3.63, 3.8) is 0 Å². The van der Waals surface area contributed by atoms with Gasteiger partial charge in [0.2, 0.25) is 0 Å². The number of para-hydroxylation sites is 3. The smallest absolute Gasteiger partial charge is 0.162 e. The minimum absolute atomic E-state index is 0.931. The van der Waals surface area contributed by atoms with Crippen LogP contribution in [0.1, 0.15) is 0 Å². The fraction of sp³-hybridized carbons (Fsp3) is 0. The van der Waals surface area contributed by atoms with Crippen LogP contribution < -0.4 is 0 Å². The van der Waals surface area contributed by atoms with Gasteiger partial charge in [0.15, 0.2) is 5.82 Å². The lowest BCUT2D eigenvalue weighted by molar-refractivity contribution is 1.05. The number of aromatic nitrogens is 3. The molecule has 160 valence electrons. The molecule has 0 aliphatic rings. The predicted octanol–water partition coefficient (Wildman–Crippen LogP) is 7.79. The second kappa shape index (κ2) is 7.46. The van der Waals surface area contributed by atoms with Gasteiger partial charge in [-0.25, -0.2) is 4.98 Å². The number of hydrogen-bond donors (Lipinski definition) is 0. The standard InChI is InChI=1S/C31H21N3/c1-3-11-22(12-4-1)27-21-33(23-13-5-2-6-14-23)30-26(27)19-20-32-31(30)34-28-17-9-7-15-24(28)25-16-8-10-18-29(25)34/h1-21H. The molecular weight excluding hydrogens is 414 g/mol. The fourth-order valence-electron chi connectivity index (χ4n) is 5.12. The summed E-state index contributed by atoms with van der Waals surface area (Å²) in [4.78, 5) is 4.98. The van der Waals surface area contributed by atoms with Crippen molar-refractivity contribution in [3.05, 3.63) is 128 Å². The van der Waals surface area contributed by atoms with Crippen molar-refractivity contribution >= 4 is 32.7 Å².